The quantitative estimate of drug-likeness (QED) is 0.415. The SMILES string of the molecule is CCNC(=NCCOCC)NCCc1csc(CC)n1. The lowest BCUT2D eigenvalue weighted by Crippen LogP contribution is -2.38. The number of hydrogen-bond acceptors (Lipinski definition) is 4. The van der Waals surface area contributed by atoms with E-state index in [0.29, 0.717) is 13.2 Å². The first kappa shape index (κ1) is 16.9. The van der Waals surface area contributed by atoms with Crippen molar-refractivity contribution in [3.8, 4) is 0 Å². The average Bonchev–Trinajstić information content (AvgIpc) is 2.91. The summed E-state index contributed by atoms with van der Waals surface area (Å²) in [6.45, 7) is 9.97. The summed E-state index contributed by atoms with van der Waals surface area (Å²) in [4.78, 5) is 9.01. The third kappa shape index (κ3) is 6.86. The zero-order chi connectivity index (χ0) is 14.6. The topological polar surface area (TPSA) is 58.5 Å². The molecule has 0 aliphatic carbocycles. The second kappa shape index (κ2) is 10.6. The summed E-state index contributed by atoms with van der Waals surface area (Å²) >= 11 is 1.74. The predicted molar refractivity (Wildman–Crippen MR) is 85.7 cm³/mol. The maximum absolute atomic E-state index is 5.28. The largest absolute Gasteiger partial charge is 0.380 e. The fourth-order valence-corrected chi connectivity index (χ4v) is 2.42. The summed E-state index contributed by atoms with van der Waals surface area (Å²) < 4.78 is 5.28. The van der Waals surface area contributed by atoms with Gasteiger partial charge in [0.25, 0.3) is 0 Å². The smallest absolute Gasteiger partial charge is 0.191 e. The average molecular weight is 298 g/mol. The minimum absolute atomic E-state index is 0.666. The molecule has 0 amide bonds. The molecule has 2 N–H and O–H groups in total. The standard InChI is InChI=1S/C14H26N4OS/c1-4-13-18-12(11-20-13)7-8-16-14(15-5-2)17-9-10-19-6-3/h11H,4-10H2,1-3H3,(H2,15,16,17). The van der Waals surface area contributed by atoms with Gasteiger partial charge in [-0.2, -0.15) is 0 Å². The summed E-state index contributed by atoms with van der Waals surface area (Å²) in [6, 6.07) is 0. The van der Waals surface area contributed by atoms with Crippen molar-refractivity contribution in [2.75, 3.05) is 32.8 Å². The molecule has 0 fully saturated rings. The molecule has 0 saturated heterocycles. The molecule has 1 rings (SSSR count). The van der Waals surface area contributed by atoms with Crippen LogP contribution in [0, 0.1) is 0 Å². The van der Waals surface area contributed by atoms with Gasteiger partial charge in [-0.3, -0.25) is 4.99 Å². The van der Waals surface area contributed by atoms with Gasteiger partial charge in [0.1, 0.15) is 0 Å². The van der Waals surface area contributed by atoms with Crippen molar-refractivity contribution < 1.29 is 4.74 Å². The number of aliphatic imine (C=N–C) groups is 1. The van der Waals surface area contributed by atoms with Gasteiger partial charge in [-0.05, 0) is 20.3 Å². The first-order chi connectivity index (χ1) is 9.80. The molecule has 114 valence electrons. The van der Waals surface area contributed by atoms with Crippen molar-refractivity contribution in [2.45, 2.75) is 33.6 Å². The van der Waals surface area contributed by atoms with Crippen LogP contribution in [0.1, 0.15) is 31.5 Å². The molecular formula is C14H26N4OS. The monoisotopic (exact) mass is 298 g/mol. The Bertz CT molecular complexity index is 392. The minimum atomic E-state index is 0.666. The Hall–Kier alpha value is -1.14. The summed E-state index contributed by atoms with van der Waals surface area (Å²) in [5, 5.41) is 9.89. The third-order valence-corrected chi connectivity index (χ3v) is 3.67. The summed E-state index contributed by atoms with van der Waals surface area (Å²) in [6.07, 6.45) is 1.94. The van der Waals surface area contributed by atoms with E-state index in [-0.39, 0.29) is 0 Å². The number of guanidine groups is 1. The van der Waals surface area contributed by atoms with Crippen molar-refractivity contribution >= 4 is 17.3 Å². The van der Waals surface area contributed by atoms with Crippen LogP contribution in [0.25, 0.3) is 0 Å². The lowest BCUT2D eigenvalue weighted by Gasteiger charge is -2.10. The number of nitrogens with one attached hydrogen (secondary N) is 2. The van der Waals surface area contributed by atoms with Crippen LogP contribution in [0.15, 0.2) is 10.4 Å². The Labute approximate surface area is 125 Å². The highest BCUT2D eigenvalue weighted by molar-refractivity contribution is 7.09. The van der Waals surface area contributed by atoms with Gasteiger partial charge >= 0.3 is 0 Å². The molecule has 0 aromatic carbocycles. The lowest BCUT2D eigenvalue weighted by molar-refractivity contribution is 0.155. The number of rotatable bonds is 9. The Morgan fingerprint density at radius 2 is 2.20 bits per heavy atom. The van der Waals surface area contributed by atoms with Gasteiger partial charge in [-0.15, -0.1) is 11.3 Å². The van der Waals surface area contributed by atoms with Gasteiger partial charge < -0.3 is 15.4 Å². The number of nitrogens with zero attached hydrogens (tertiary/aromatic N) is 2. The van der Waals surface area contributed by atoms with E-state index in [1.807, 2.05) is 6.92 Å². The van der Waals surface area contributed by atoms with E-state index in [2.05, 4.69) is 39.8 Å². The minimum Gasteiger partial charge on any atom is -0.380 e. The van der Waals surface area contributed by atoms with Crippen LogP contribution in [0.3, 0.4) is 0 Å². The van der Waals surface area contributed by atoms with Crippen molar-refractivity contribution in [3.05, 3.63) is 16.1 Å². The second-order valence-electron chi connectivity index (χ2n) is 4.22. The van der Waals surface area contributed by atoms with Crippen molar-refractivity contribution in [1.29, 1.82) is 0 Å². The summed E-state index contributed by atoms with van der Waals surface area (Å²) in [5.41, 5.74) is 1.16. The maximum Gasteiger partial charge on any atom is 0.191 e. The molecule has 6 heteroatoms. The Morgan fingerprint density at radius 1 is 1.35 bits per heavy atom. The number of hydrogen-bond donors (Lipinski definition) is 2. The number of thiazole rings is 1. The maximum atomic E-state index is 5.28. The van der Waals surface area contributed by atoms with E-state index >= 15 is 0 Å². The molecule has 0 aliphatic rings. The molecule has 20 heavy (non-hydrogen) atoms. The van der Waals surface area contributed by atoms with E-state index < -0.39 is 0 Å². The first-order valence-electron chi connectivity index (χ1n) is 7.33. The van der Waals surface area contributed by atoms with Gasteiger partial charge in [0.15, 0.2) is 5.96 Å². The molecule has 0 radical (unpaired) electrons. The first-order valence-corrected chi connectivity index (χ1v) is 8.21. The third-order valence-electron chi connectivity index (χ3n) is 2.63. The number of aromatic nitrogens is 1. The normalized spacial score (nSPS) is 11.7. The summed E-state index contributed by atoms with van der Waals surface area (Å²) in [7, 11) is 0. The highest BCUT2D eigenvalue weighted by Gasteiger charge is 2.01. The number of ether oxygens (including phenoxy) is 1. The molecule has 1 heterocycles. The van der Waals surface area contributed by atoms with Crippen molar-refractivity contribution in [2.24, 2.45) is 4.99 Å². The van der Waals surface area contributed by atoms with E-state index in [9.17, 15) is 0 Å². The molecule has 1 aromatic heterocycles. The predicted octanol–water partition coefficient (Wildman–Crippen LogP) is 1.84. The second-order valence-corrected chi connectivity index (χ2v) is 5.16. The Balaban J connectivity index is 2.30. The van der Waals surface area contributed by atoms with Crippen LogP contribution < -0.4 is 10.6 Å². The van der Waals surface area contributed by atoms with Gasteiger partial charge in [-0.25, -0.2) is 4.98 Å². The molecule has 0 bridgehead atoms. The van der Waals surface area contributed by atoms with Gasteiger partial charge in [0.05, 0.1) is 23.9 Å². The van der Waals surface area contributed by atoms with E-state index in [0.717, 1.165) is 44.2 Å². The molecule has 1 aromatic rings. The van der Waals surface area contributed by atoms with Crippen LogP contribution in [0.4, 0.5) is 0 Å². The van der Waals surface area contributed by atoms with Crippen LogP contribution in [0.2, 0.25) is 0 Å². The zero-order valence-electron chi connectivity index (χ0n) is 12.7. The highest BCUT2D eigenvalue weighted by atomic mass is 32.1. The molecule has 0 atom stereocenters. The van der Waals surface area contributed by atoms with Crippen LogP contribution in [-0.4, -0.2) is 43.8 Å². The Kier molecular flexibility index (Phi) is 8.98. The van der Waals surface area contributed by atoms with E-state index in [1.54, 1.807) is 11.3 Å². The molecule has 0 aliphatic heterocycles. The van der Waals surface area contributed by atoms with Gasteiger partial charge in [-0.1, -0.05) is 6.92 Å². The highest BCUT2D eigenvalue weighted by Crippen LogP contribution is 2.10. The Morgan fingerprint density at radius 3 is 2.85 bits per heavy atom. The zero-order valence-corrected chi connectivity index (χ0v) is 13.6. The fourth-order valence-electron chi connectivity index (χ4n) is 1.64. The fraction of sp³-hybridized carbons (Fsp3) is 0.714. The van der Waals surface area contributed by atoms with Crippen LogP contribution >= 0.6 is 11.3 Å². The lowest BCUT2D eigenvalue weighted by atomic mass is 10.3. The van der Waals surface area contributed by atoms with Crippen LogP contribution in [0.5, 0.6) is 0 Å². The molecule has 0 saturated carbocycles. The van der Waals surface area contributed by atoms with E-state index in [1.165, 1.54) is 5.01 Å². The van der Waals surface area contributed by atoms with Crippen molar-refractivity contribution in [1.82, 2.24) is 15.6 Å². The molecule has 0 unspecified atom stereocenters. The van der Waals surface area contributed by atoms with Gasteiger partial charge in [0, 0.05) is 31.5 Å². The van der Waals surface area contributed by atoms with E-state index in [4.69, 9.17) is 4.74 Å². The van der Waals surface area contributed by atoms with Crippen LogP contribution in [-0.2, 0) is 17.6 Å². The summed E-state index contributed by atoms with van der Waals surface area (Å²) in [5.74, 6) is 0.846. The van der Waals surface area contributed by atoms with Gasteiger partial charge in [0.2, 0.25) is 0 Å². The number of aryl methyl sites for hydroxylation is 1. The molecule has 5 nitrogen and oxygen atoms in total. The molecule has 0 spiro atoms. The molecular weight excluding hydrogens is 272 g/mol. The van der Waals surface area contributed by atoms with Crippen molar-refractivity contribution in [3.63, 3.8) is 0 Å².